The molecule has 3 rings (SSSR count). The zero-order valence-corrected chi connectivity index (χ0v) is 14.6. The third kappa shape index (κ3) is 3.19. The van der Waals surface area contributed by atoms with Crippen molar-refractivity contribution in [3.8, 4) is 5.75 Å². The van der Waals surface area contributed by atoms with Crippen LogP contribution in [0.25, 0.3) is 0 Å². The molecule has 0 unspecified atom stereocenters. The third-order valence-corrected chi connectivity index (χ3v) is 10.4. The summed E-state index contributed by atoms with van der Waals surface area (Å²) in [5, 5.41) is 2.53. The van der Waals surface area contributed by atoms with Gasteiger partial charge in [-0.1, -0.05) is 101 Å². The van der Waals surface area contributed by atoms with Crippen molar-refractivity contribution in [3.05, 3.63) is 91.0 Å². The molecule has 0 amide bonds. The molecule has 0 aliphatic heterocycles. The van der Waals surface area contributed by atoms with Crippen LogP contribution in [0.15, 0.2) is 91.0 Å². The Bertz CT molecular complexity index is 647. The van der Waals surface area contributed by atoms with Gasteiger partial charge in [0.15, 0.2) is 0 Å². The zero-order chi connectivity index (χ0) is 14.5. The van der Waals surface area contributed by atoms with Gasteiger partial charge in [-0.05, 0) is 22.5 Å². The molecule has 3 aromatic carbocycles. The molecule has 0 spiro atoms. The highest BCUT2D eigenvalue weighted by atomic mass is 127. The molecule has 21 heavy (non-hydrogen) atoms. The molecule has 0 N–H and O–H groups in total. The van der Waals surface area contributed by atoms with E-state index in [0.29, 0.717) is 0 Å². The van der Waals surface area contributed by atoms with Gasteiger partial charge in [0.2, 0.25) is 0 Å². The summed E-state index contributed by atoms with van der Waals surface area (Å²) in [5.74, 6) is -1.35. The molecule has 3 aromatic rings. The van der Waals surface area contributed by atoms with Crippen molar-refractivity contribution in [1.82, 2.24) is 0 Å². The second kappa shape index (κ2) is 6.45. The molecular formula is C18H15IOSi. The average Bonchev–Trinajstić information content (AvgIpc) is 2.57. The molecule has 0 aliphatic rings. The van der Waals surface area contributed by atoms with Crippen molar-refractivity contribution in [2.24, 2.45) is 0 Å². The molecule has 0 atom stereocenters. The number of halogens is 1. The topological polar surface area (TPSA) is 9.23 Å². The molecule has 0 fully saturated rings. The first-order chi connectivity index (χ1) is 10.3. The smallest absolute Gasteiger partial charge is 0.381 e. The van der Waals surface area contributed by atoms with Crippen LogP contribution >= 0.6 is 21.8 Å². The van der Waals surface area contributed by atoms with Crippen LogP contribution in [-0.4, -0.2) is 5.81 Å². The number of para-hydroxylation sites is 1. The van der Waals surface area contributed by atoms with E-state index in [9.17, 15) is 0 Å². The molecule has 3 heteroatoms. The van der Waals surface area contributed by atoms with Gasteiger partial charge in [0.1, 0.15) is 5.75 Å². The molecule has 0 bridgehead atoms. The van der Waals surface area contributed by atoms with Crippen molar-refractivity contribution in [2.75, 3.05) is 0 Å². The SMILES string of the molecule is I[Si](Oc1ccccc1)(c1ccccc1)c1ccccc1. The predicted molar refractivity (Wildman–Crippen MR) is 99.0 cm³/mol. The number of benzene rings is 3. The second-order valence-corrected chi connectivity index (χ2v) is 11.8. The van der Waals surface area contributed by atoms with E-state index in [1.54, 1.807) is 0 Å². The molecule has 0 saturated heterocycles. The van der Waals surface area contributed by atoms with Gasteiger partial charge >= 0.3 is 5.81 Å². The second-order valence-electron chi connectivity index (χ2n) is 4.74. The standard InChI is InChI=1S/C18H15IOSi/c19-21(17-12-6-2-7-13-17,18-14-8-3-9-15-18)20-16-10-4-1-5-11-16/h1-15H. The van der Waals surface area contributed by atoms with Crippen LogP contribution in [0.2, 0.25) is 0 Å². The summed E-state index contributed by atoms with van der Waals surface area (Å²) in [6.45, 7) is 0. The minimum Gasteiger partial charge on any atom is -0.526 e. The van der Waals surface area contributed by atoms with Crippen LogP contribution in [0.1, 0.15) is 0 Å². The van der Waals surface area contributed by atoms with E-state index in [-0.39, 0.29) is 0 Å². The van der Waals surface area contributed by atoms with Crippen LogP contribution < -0.4 is 14.8 Å². The normalized spacial score (nSPS) is 11.1. The van der Waals surface area contributed by atoms with Gasteiger partial charge in [-0.2, -0.15) is 0 Å². The van der Waals surface area contributed by atoms with Crippen LogP contribution in [0.3, 0.4) is 0 Å². The maximum absolute atomic E-state index is 6.50. The van der Waals surface area contributed by atoms with Gasteiger partial charge in [0, 0.05) is 0 Å². The number of hydrogen-bond acceptors (Lipinski definition) is 1. The Kier molecular flexibility index (Phi) is 4.41. The first-order valence-electron chi connectivity index (χ1n) is 6.83. The number of rotatable bonds is 4. The molecule has 0 saturated carbocycles. The predicted octanol–water partition coefficient (Wildman–Crippen LogP) is 3.76. The van der Waals surface area contributed by atoms with Gasteiger partial charge < -0.3 is 4.43 Å². The maximum Gasteiger partial charge on any atom is 0.381 e. The monoisotopic (exact) mass is 402 g/mol. The van der Waals surface area contributed by atoms with E-state index >= 15 is 0 Å². The molecule has 104 valence electrons. The third-order valence-electron chi connectivity index (χ3n) is 3.29. The van der Waals surface area contributed by atoms with Gasteiger partial charge in [0.25, 0.3) is 0 Å². The van der Waals surface area contributed by atoms with Crippen molar-refractivity contribution in [2.45, 2.75) is 0 Å². The van der Waals surface area contributed by atoms with E-state index < -0.39 is 5.81 Å². The molecule has 0 aromatic heterocycles. The van der Waals surface area contributed by atoms with Crippen molar-refractivity contribution in [3.63, 3.8) is 0 Å². The van der Waals surface area contributed by atoms with E-state index in [1.165, 1.54) is 10.4 Å². The van der Waals surface area contributed by atoms with Crippen LogP contribution in [0.5, 0.6) is 5.75 Å². The summed E-state index contributed by atoms with van der Waals surface area (Å²) in [6.07, 6.45) is 0. The Morgan fingerprint density at radius 3 is 1.38 bits per heavy atom. The lowest BCUT2D eigenvalue weighted by molar-refractivity contribution is 0.589. The summed E-state index contributed by atoms with van der Waals surface area (Å²) in [5.41, 5.74) is 0. The Balaban J connectivity index is 2.07. The average molecular weight is 402 g/mol. The Morgan fingerprint density at radius 2 is 0.952 bits per heavy atom. The first kappa shape index (κ1) is 14.3. The van der Waals surface area contributed by atoms with Crippen molar-refractivity contribution >= 4 is 38.0 Å². The van der Waals surface area contributed by atoms with Crippen LogP contribution in [-0.2, 0) is 0 Å². The molecule has 1 nitrogen and oxygen atoms in total. The summed E-state index contributed by atoms with van der Waals surface area (Å²) in [6, 6.07) is 31.1. The molecule has 0 radical (unpaired) electrons. The lowest BCUT2D eigenvalue weighted by atomic mass is 10.3. The molecular weight excluding hydrogens is 387 g/mol. The summed E-state index contributed by atoms with van der Waals surface area (Å²) < 4.78 is 6.50. The lowest BCUT2D eigenvalue weighted by Crippen LogP contribution is -2.58. The zero-order valence-electron chi connectivity index (χ0n) is 11.4. The quantitative estimate of drug-likeness (QED) is 0.367. The van der Waals surface area contributed by atoms with Crippen LogP contribution in [0.4, 0.5) is 0 Å². The van der Waals surface area contributed by atoms with E-state index in [2.05, 4.69) is 70.3 Å². The van der Waals surface area contributed by atoms with E-state index in [0.717, 1.165) is 5.75 Å². The van der Waals surface area contributed by atoms with Gasteiger partial charge in [0.05, 0.1) is 0 Å². The van der Waals surface area contributed by atoms with E-state index in [1.807, 2.05) is 42.5 Å². The lowest BCUT2D eigenvalue weighted by Gasteiger charge is -2.27. The minimum absolute atomic E-state index is 0.922. The first-order valence-corrected chi connectivity index (χ1v) is 11.9. The summed E-state index contributed by atoms with van der Waals surface area (Å²) >= 11 is 2.53. The van der Waals surface area contributed by atoms with Crippen LogP contribution in [0, 0.1) is 0 Å². The fourth-order valence-corrected chi connectivity index (χ4v) is 7.43. The highest BCUT2D eigenvalue weighted by molar-refractivity contribution is 14.1. The van der Waals surface area contributed by atoms with Gasteiger partial charge in [-0.25, -0.2) is 0 Å². The maximum atomic E-state index is 6.50. The Hall–Kier alpha value is -1.59. The fourth-order valence-electron chi connectivity index (χ4n) is 2.24. The summed E-state index contributed by atoms with van der Waals surface area (Å²) in [7, 11) is 0. The minimum atomic E-state index is -2.27. The Morgan fingerprint density at radius 1 is 0.571 bits per heavy atom. The summed E-state index contributed by atoms with van der Waals surface area (Å²) in [4.78, 5) is 0. The molecule has 0 aliphatic carbocycles. The van der Waals surface area contributed by atoms with Crippen molar-refractivity contribution < 1.29 is 4.43 Å². The van der Waals surface area contributed by atoms with Gasteiger partial charge in [-0.15, -0.1) is 0 Å². The highest BCUT2D eigenvalue weighted by Crippen LogP contribution is 2.20. The highest BCUT2D eigenvalue weighted by Gasteiger charge is 2.38. The Labute approximate surface area is 138 Å². The fraction of sp³-hybridized carbons (Fsp3) is 0. The largest absolute Gasteiger partial charge is 0.526 e. The van der Waals surface area contributed by atoms with E-state index in [4.69, 9.17) is 4.43 Å². The van der Waals surface area contributed by atoms with Gasteiger partial charge in [-0.3, -0.25) is 0 Å². The molecule has 0 heterocycles. The number of hydrogen-bond donors (Lipinski definition) is 0. The van der Waals surface area contributed by atoms with Crippen molar-refractivity contribution in [1.29, 1.82) is 0 Å².